The molecule has 2 aromatic carbocycles. The minimum absolute atomic E-state index is 0.123. The van der Waals surface area contributed by atoms with E-state index >= 15 is 0 Å². The molecule has 6 nitrogen and oxygen atoms in total. The van der Waals surface area contributed by atoms with Crippen LogP contribution in [0.5, 0.6) is 0 Å². The fraction of sp³-hybridized carbons (Fsp3) is 0.400. The molecule has 2 atom stereocenters. The molecule has 33 heavy (non-hydrogen) atoms. The maximum atomic E-state index is 13.0. The van der Waals surface area contributed by atoms with Crippen LogP contribution in [-0.2, 0) is 26.7 Å². The van der Waals surface area contributed by atoms with Crippen molar-refractivity contribution in [2.24, 2.45) is 5.92 Å². The van der Waals surface area contributed by atoms with Gasteiger partial charge in [0.05, 0.1) is 6.04 Å². The van der Waals surface area contributed by atoms with Crippen LogP contribution in [0.25, 0.3) is 0 Å². The third kappa shape index (κ3) is 9.48. The lowest BCUT2D eigenvalue weighted by Crippen LogP contribution is -2.51. The van der Waals surface area contributed by atoms with Crippen LogP contribution in [0.1, 0.15) is 31.4 Å². The predicted molar refractivity (Wildman–Crippen MR) is 133 cm³/mol. The average Bonchev–Trinajstić information content (AvgIpc) is 2.81. The minimum Gasteiger partial charge on any atom is -0.445 e. The van der Waals surface area contributed by atoms with Crippen molar-refractivity contribution in [3.05, 3.63) is 70.7 Å². The van der Waals surface area contributed by atoms with E-state index in [1.807, 2.05) is 68.4 Å². The number of nitrogens with one attached hydrogen (secondary N) is 1. The molecule has 2 rings (SSSR count). The van der Waals surface area contributed by atoms with Crippen molar-refractivity contribution in [2.45, 2.75) is 44.7 Å². The number of rotatable bonds is 12. The van der Waals surface area contributed by atoms with Gasteiger partial charge < -0.3 is 14.8 Å². The zero-order chi connectivity index (χ0) is 24.2. The minimum atomic E-state index is -0.739. The Morgan fingerprint density at radius 3 is 2.36 bits per heavy atom. The van der Waals surface area contributed by atoms with E-state index in [4.69, 9.17) is 16.3 Å². The number of carbonyl (C=O) groups is 3. The molecule has 2 amide bonds. The van der Waals surface area contributed by atoms with Crippen molar-refractivity contribution >= 4 is 41.6 Å². The Morgan fingerprint density at radius 1 is 1.09 bits per heavy atom. The Hall–Kier alpha value is -2.51. The van der Waals surface area contributed by atoms with Gasteiger partial charge in [-0.1, -0.05) is 67.9 Å². The van der Waals surface area contributed by atoms with Crippen molar-refractivity contribution in [3.8, 4) is 0 Å². The summed E-state index contributed by atoms with van der Waals surface area (Å²) in [5.74, 6) is 0.915. The van der Waals surface area contributed by atoms with Crippen molar-refractivity contribution < 1.29 is 19.1 Å². The number of halogens is 1. The Bertz CT molecular complexity index is 893. The molecule has 0 aliphatic heterocycles. The molecule has 0 saturated carbocycles. The van der Waals surface area contributed by atoms with Crippen LogP contribution >= 0.6 is 23.4 Å². The van der Waals surface area contributed by atoms with Crippen LogP contribution in [-0.4, -0.2) is 48.1 Å². The average molecular weight is 491 g/mol. The molecule has 1 unspecified atom stereocenters. The summed E-state index contributed by atoms with van der Waals surface area (Å²) >= 11 is 7.44. The van der Waals surface area contributed by atoms with Crippen molar-refractivity contribution in [1.82, 2.24) is 10.2 Å². The zero-order valence-corrected chi connectivity index (χ0v) is 20.8. The van der Waals surface area contributed by atoms with E-state index in [-0.39, 0.29) is 18.4 Å². The predicted octanol–water partition coefficient (Wildman–Crippen LogP) is 4.94. The number of ether oxygens (including phenoxy) is 1. The SMILES string of the molecule is CC(C)C[C@@H](C(=O)NC(C=O)CSCc1ccc(Cl)cc1)N(C)C(=O)OCc1ccccc1. The molecular formula is C25H31ClN2O4S. The number of likely N-dealkylation sites (N-methyl/N-ethyl adjacent to an activating group) is 1. The second-order valence-electron chi connectivity index (χ2n) is 8.19. The highest BCUT2D eigenvalue weighted by Crippen LogP contribution is 2.17. The van der Waals surface area contributed by atoms with E-state index in [9.17, 15) is 14.4 Å². The van der Waals surface area contributed by atoms with Crippen LogP contribution in [0, 0.1) is 5.92 Å². The molecule has 178 valence electrons. The van der Waals surface area contributed by atoms with Gasteiger partial charge in [0.1, 0.15) is 18.9 Å². The van der Waals surface area contributed by atoms with Gasteiger partial charge >= 0.3 is 6.09 Å². The van der Waals surface area contributed by atoms with Gasteiger partial charge in [-0.25, -0.2) is 4.79 Å². The van der Waals surface area contributed by atoms with Crippen molar-refractivity contribution in [3.63, 3.8) is 0 Å². The Balaban J connectivity index is 1.92. The molecule has 0 aliphatic carbocycles. The first-order valence-electron chi connectivity index (χ1n) is 10.8. The van der Waals surface area contributed by atoms with Crippen LogP contribution in [0.15, 0.2) is 54.6 Å². The molecule has 0 radical (unpaired) electrons. The second kappa shape index (κ2) is 13.9. The summed E-state index contributed by atoms with van der Waals surface area (Å²) in [5.41, 5.74) is 1.95. The number of hydrogen-bond acceptors (Lipinski definition) is 5. The monoisotopic (exact) mass is 490 g/mol. The highest BCUT2D eigenvalue weighted by molar-refractivity contribution is 7.98. The summed E-state index contributed by atoms with van der Waals surface area (Å²) in [6, 6.07) is 15.5. The van der Waals surface area contributed by atoms with Crippen molar-refractivity contribution in [2.75, 3.05) is 12.8 Å². The lowest BCUT2D eigenvalue weighted by atomic mass is 10.0. The van der Waals surface area contributed by atoms with Gasteiger partial charge in [0.25, 0.3) is 0 Å². The van der Waals surface area contributed by atoms with Crippen LogP contribution in [0.3, 0.4) is 0 Å². The van der Waals surface area contributed by atoms with E-state index in [1.165, 1.54) is 16.7 Å². The second-order valence-corrected chi connectivity index (χ2v) is 9.66. The van der Waals surface area contributed by atoms with Crippen molar-refractivity contribution in [1.29, 1.82) is 0 Å². The molecule has 0 aromatic heterocycles. The van der Waals surface area contributed by atoms with Gasteiger partial charge in [-0.05, 0) is 35.6 Å². The number of carbonyl (C=O) groups excluding carboxylic acids is 3. The third-order valence-electron chi connectivity index (χ3n) is 4.93. The van der Waals surface area contributed by atoms with Crippen LogP contribution < -0.4 is 5.32 Å². The van der Waals surface area contributed by atoms with Gasteiger partial charge in [-0.3, -0.25) is 9.69 Å². The Kier molecular flexibility index (Phi) is 11.3. The topological polar surface area (TPSA) is 75.7 Å². The summed E-state index contributed by atoms with van der Waals surface area (Å²) < 4.78 is 5.38. The summed E-state index contributed by atoms with van der Waals surface area (Å²) in [4.78, 5) is 38.5. The number of thioether (sulfide) groups is 1. The molecule has 2 aromatic rings. The molecule has 0 heterocycles. The third-order valence-corrected chi connectivity index (χ3v) is 6.31. The molecule has 0 aliphatic rings. The molecule has 1 N–H and O–H groups in total. The number of amides is 2. The fourth-order valence-electron chi connectivity index (χ4n) is 3.11. The maximum Gasteiger partial charge on any atom is 0.410 e. The zero-order valence-electron chi connectivity index (χ0n) is 19.2. The number of hydrogen-bond donors (Lipinski definition) is 1. The fourth-order valence-corrected chi connectivity index (χ4v) is 4.20. The quantitative estimate of drug-likeness (QED) is 0.426. The Morgan fingerprint density at radius 2 is 1.76 bits per heavy atom. The summed E-state index contributed by atoms with van der Waals surface area (Å²) in [7, 11) is 1.55. The van der Waals surface area contributed by atoms with Gasteiger partial charge in [-0.2, -0.15) is 11.8 Å². The molecule has 0 spiro atoms. The van der Waals surface area contributed by atoms with E-state index in [0.717, 1.165) is 17.4 Å². The summed E-state index contributed by atoms with van der Waals surface area (Å²) in [6.45, 7) is 4.07. The van der Waals surface area contributed by atoms with E-state index in [2.05, 4.69) is 5.32 Å². The summed E-state index contributed by atoms with van der Waals surface area (Å²) in [6.07, 6.45) is 0.596. The number of aldehydes is 1. The Labute approximate surface area is 205 Å². The number of benzene rings is 2. The van der Waals surface area contributed by atoms with Gasteiger partial charge in [0.15, 0.2) is 0 Å². The lowest BCUT2D eigenvalue weighted by Gasteiger charge is -2.29. The first-order valence-corrected chi connectivity index (χ1v) is 12.3. The van der Waals surface area contributed by atoms with Crippen LogP contribution in [0.4, 0.5) is 4.79 Å². The highest BCUT2D eigenvalue weighted by atomic mass is 35.5. The van der Waals surface area contributed by atoms with Gasteiger partial charge in [0.2, 0.25) is 5.91 Å². The molecule has 0 saturated heterocycles. The standard InChI is InChI=1S/C25H31ClN2O4S/c1-18(2)13-23(28(3)25(31)32-15-19-7-5-4-6-8-19)24(30)27-22(14-29)17-33-16-20-9-11-21(26)12-10-20/h4-12,14,18,22-23H,13,15-17H2,1-3H3,(H,27,30)/t22?,23-/m0/s1. The smallest absolute Gasteiger partial charge is 0.410 e. The first-order chi connectivity index (χ1) is 15.8. The van der Waals surface area contributed by atoms with E-state index in [0.29, 0.717) is 22.9 Å². The first kappa shape index (κ1) is 26.7. The highest BCUT2D eigenvalue weighted by Gasteiger charge is 2.30. The largest absolute Gasteiger partial charge is 0.445 e. The summed E-state index contributed by atoms with van der Waals surface area (Å²) in [5, 5.41) is 3.45. The maximum absolute atomic E-state index is 13.0. The molecule has 8 heteroatoms. The number of nitrogens with zero attached hydrogens (tertiary/aromatic N) is 1. The molecular weight excluding hydrogens is 460 g/mol. The normalized spacial score (nSPS) is 12.6. The lowest BCUT2D eigenvalue weighted by molar-refractivity contribution is -0.128. The van der Waals surface area contributed by atoms with E-state index < -0.39 is 18.2 Å². The van der Waals surface area contributed by atoms with Crippen LogP contribution in [0.2, 0.25) is 5.02 Å². The van der Waals surface area contributed by atoms with Gasteiger partial charge in [-0.15, -0.1) is 0 Å². The molecule has 0 bridgehead atoms. The molecule has 0 fully saturated rings. The van der Waals surface area contributed by atoms with Gasteiger partial charge in [0, 0.05) is 23.6 Å². The van der Waals surface area contributed by atoms with E-state index in [1.54, 1.807) is 7.05 Å².